The minimum absolute atomic E-state index is 0.0240. The van der Waals surface area contributed by atoms with Crippen LogP contribution in [0.25, 0.3) is 0 Å². The minimum Gasteiger partial charge on any atom is -0.483 e. The largest absolute Gasteiger partial charge is 0.483 e. The first-order valence-electron chi connectivity index (χ1n) is 8.46. The van der Waals surface area contributed by atoms with Crippen LogP contribution in [-0.2, 0) is 16.1 Å². The lowest BCUT2D eigenvalue weighted by Gasteiger charge is -2.09. The number of carbonyl (C=O) groups excluding carboxylic acids is 2. The second kappa shape index (κ2) is 10.7. The van der Waals surface area contributed by atoms with E-state index in [4.69, 9.17) is 21.5 Å². The van der Waals surface area contributed by atoms with Crippen LogP contribution in [0.5, 0.6) is 0 Å². The molecule has 0 unspecified atom stereocenters. The van der Waals surface area contributed by atoms with Crippen LogP contribution in [0.1, 0.15) is 32.2 Å². The van der Waals surface area contributed by atoms with Gasteiger partial charge in [0.05, 0.1) is 31.7 Å². The number of rotatable bonds is 5. The molecule has 0 aliphatic heterocycles. The van der Waals surface area contributed by atoms with Crippen LogP contribution in [0.2, 0.25) is 5.02 Å². The first kappa shape index (κ1) is 22.5. The summed E-state index contributed by atoms with van der Waals surface area (Å²) in [7, 11) is 1.24. The Morgan fingerprint density at radius 3 is 2.50 bits per heavy atom. The summed E-state index contributed by atoms with van der Waals surface area (Å²) in [5.41, 5.74) is 1.79. The predicted octanol–water partition coefficient (Wildman–Crippen LogP) is 2.42. The van der Waals surface area contributed by atoms with Gasteiger partial charge in [-0.05, 0) is 24.6 Å². The number of anilines is 1. The molecule has 0 fully saturated rings. The Labute approximate surface area is 176 Å². The van der Waals surface area contributed by atoms with Crippen molar-refractivity contribution < 1.29 is 24.2 Å². The van der Waals surface area contributed by atoms with Crippen LogP contribution >= 0.6 is 11.6 Å². The zero-order chi connectivity index (χ0) is 22.1. The number of ether oxygens (including phenoxy) is 1. The van der Waals surface area contributed by atoms with Gasteiger partial charge in [-0.1, -0.05) is 23.7 Å². The summed E-state index contributed by atoms with van der Waals surface area (Å²) in [6, 6.07) is 9.15. The molecule has 0 radical (unpaired) electrons. The molecule has 0 bridgehead atoms. The number of methoxy groups -OCH3 is 1. The maximum Gasteiger partial charge on any atom is 0.358 e. The molecule has 2 heterocycles. The highest BCUT2D eigenvalue weighted by atomic mass is 35.5. The minimum atomic E-state index is -0.621. The molecule has 1 amide bonds. The number of aromatic nitrogens is 4. The van der Waals surface area contributed by atoms with Crippen molar-refractivity contribution in [1.29, 1.82) is 0 Å². The molecule has 156 valence electrons. The fourth-order valence-electron chi connectivity index (χ4n) is 2.41. The molecule has 0 saturated carbocycles. The average molecular weight is 432 g/mol. The quantitative estimate of drug-likeness (QED) is 0.464. The van der Waals surface area contributed by atoms with Gasteiger partial charge < -0.3 is 15.2 Å². The predicted molar refractivity (Wildman–Crippen MR) is 108 cm³/mol. The second-order valence-electron chi connectivity index (χ2n) is 5.80. The van der Waals surface area contributed by atoms with Crippen molar-refractivity contribution in [1.82, 2.24) is 19.7 Å². The van der Waals surface area contributed by atoms with Crippen molar-refractivity contribution in [2.45, 2.75) is 13.5 Å². The lowest BCUT2D eigenvalue weighted by molar-refractivity contribution is -0.122. The molecule has 0 atom stereocenters. The van der Waals surface area contributed by atoms with Gasteiger partial charge >= 0.3 is 5.97 Å². The lowest BCUT2D eigenvalue weighted by Crippen LogP contribution is -2.18. The number of benzene rings is 1. The van der Waals surface area contributed by atoms with E-state index in [9.17, 15) is 9.59 Å². The third-order valence-corrected chi connectivity index (χ3v) is 3.88. The van der Waals surface area contributed by atoms with Crippen LogP contribution in [0.3, 0.4) is 0 Å². The number of aryl methyl sites for hydroxylation is 1. The summed E-state index contributed by atoms with van der Waals surface area (Å²) < 4.78 is 6.21. The Kier molecular flexibility index (Phi) is 8.00. The van der Waals surface area contributed by atoms with Gasteiger partial charge in [0.2, 0.25) is 0 Å². The number of nitrogens with one attached hydrogen (secondary N) is 1. The van der Waals surface area contributed by atoms with E-state index in [1.54, 1.807) is 16.8 Å². The van der Waals surface area contributed by atoms with Gasteiger partial charge in [0.15, 0.2) is 5.69 Å². The second-order valence-corrected chi connectivity index (χ2v) is 6.23. The van der Waals surface area contributed by atoms with Gasteiger partial charge in [-0.15, -0.1) is 0 Å². The van der Waals surface area contributed by atoms with Crippen molar-refractivity contribution in [3.63, 3.8) is 0 Å². The molecular formula is C19H18ClN5O5. The highest BCUT2D eigenvalue weighted by Crippen LogP contribution is 2.16. The third-order valence-electron chi connectivity index (χ3n) is 3.64. The number of hydrogen-bond acceptors (Lipinski definition) is 7. The molecule has 30 heavy (non-hydrogen) atoms. The fourth-order valence-corrected chi connectivity index (χ4v) is 2.62. The first-order valence-corrected chi connectivity index (χ1v) is 8.84. The summed E-state index contributed by atoms with van der Waals surface area (Å²) in [4.78, 5) is 40.0. The van der Waals surface area contributed by atoms with E-state index in [0.29, 0.717) is 17.4 Å². The molecule has 2 N–H and O–H groups in total. The molecule has 0 spiro atoms. The van der Waals surface area contributed by atoms with E-state index in [1.807, 2.05) is 25.1 Å². The fraction of sp³-hybridized carbons (Fsp3) is 0.158. The Hall–Kier alpha value is -3.79. The third kappa shape index (κ3) is 6.11. The molecule has 3 rings (SSSR count). The molecule has 0 aliphatic carbocycles. The van der Waals surface area contributed by atoms with Gasteiger partial charge in [-0.2, -0.15) is 5.10 Å². The van der Waals surface area contributed by atoms with Crippen LogP contribution in [0.15, 0.2) is 42.7 Å². The molecule has 10 nitrogen and oxygen atoms in total. The van der Waals surface area contributed by atoms with Gasteiger partial charge in [0.25, 0.3) is 12.4 Å². The normalized spacial score (nSPS) is 9.83. The zero-order valence-corrected chi connectivity index (χ0v) is 16.8. The smallest absolute Gasteiger partial charge is 0.358 e. The molecule has 1 aromatic carbocycles. The highest BCUT2D eigenvalue weighted by Gasteiger charge is 2.15. The van der Waals surface area contributed by atoms with E-state index >= 15 is 0 Å². The van der Waals surface area contributed by atoms with Crippen molar-refractivity contribution in [2.24, 2.45) is 0 Å². The van der Waals surface area contributed by atoms with Crippen molar-refractivity contribution >= 4 is 35.8 Å². The summed E-state index contributed by atoms with van der Waals surface area (Å²) in [5.74, 6) is -0.577. The van der Waals surface area contributed by atoms with Gasteiger partial charge in [0, 0.05) is 11.1 Å². The summed E-state index contributed by atoms with van der Waals surface area (Å²) in [5, 5.41) is 14.7. The topological polar surface area (TPSA) is 136 Å². The number of carboxylic acid groups (broad SMARTS) is 1. The number of nitrogens with zero attached hydrogens (tertiary/aromatic N) is 4. The number of esters is 1. The Bertz CT molecular complexity index is 1040. The Morgan fingerprint density at radius 2 is 1.90 bits per heavy atom. The molecule has 11 heteroatoms. The van der Waals surface area contributed by atoms with Crippen molar-refractivity contribution in [3.8, 4) is 0 Å². The SMILES string of the molecule is COC(=O)c1cnc(C(=O)Nc2cc(C)nn2Cc2cccc(Cl)c2)cn1.O=CO. The maximum absolute atomic E-state index is 12.4. The summed E-state index contributed by atoms with van der Waals surface area (Å²) in [6.45, 7) is 2.02. The first-order chi connectivity index (χ1) is 14.4. The number of carbonyl (C=O) groups is 3. The highest BCUT2D eigenvalue weighted by molar-refractivity contribution is 6.30. The molecule has 0 saturated heterocycles. The summed E-state index contributed by atoms with van der Waals surface area (Å²) in [6.07, 6.45) is 2.40. The van der Waals surface area contributed by atoms with E-state index in [-0.39, 0.29) is 17.9 Å². The summed E-state index contributed by atoms with van der Waals surface area (Å²) >= 11 is 6.02. The maximum atomic E-state index is 12.4. The van der Waals surface area contributed by atoms with Gasteiger partial charge in [0.1, 0.15) is 11.5 Å². The zero-order valence-electron chi connectivity index (χ0n) is 16.1. The molecule has 2 aromatic heterocycles. The van der Waals surface area contributed by atoms with Gasteiger partial charge in [-0.3, -0.25) is 9.59 Å². The number of hydrogen-bond donors (Lipinski definition) is 2. The van der Waals surface area contributed by atoms with E-state index < -0.39 is 11.9 Å². The average Bonchev–Trinajstić information content (AvgIpc) is 3.06. The van der Waals surface area contributed by atoms with Crippen LogP contribution < -0.4 is 5.32 Å². The van der Waals surface area contributed by atoms with Crippen LogP contribution in [0.4, 0.5) is 5.82 Å². The van der Waals surface area contributed by atoms with E-state index in [1.165, 1.54) is 19.5 Å². The van der Waals surface area contributed by atoms with Crippen LogP contribution in [0, 0.1) is 6.92 Å². The molecule has 3 aromatic rings. The van der Waals surface area contributed by atoms with E-state index in [2.05, 4.69) is 25.1 Å². The number of amides is 1. The standard InChI is InChI=1S/C18H16ClN5O3.CH2O2/c1-11-6-16(24(23-11)10-12-4-3-5-13(19)7-12)22-17(25)14-8-21-15(9-20-14)18(26)27-2;2-1-3/h3-9H,10H2,1-2H3,(H,22,25);1H,(H,2,3). The Balaban J connectivity index is 0.00000101. The Morgan fingerprint density at radius 1 is 1.23 bits per heavy atom. The monoisotopic (exact) mass is 431 g/mol. The molecular weight excluding hydrogens is 414 g/mol. The van der Waals surface area contributed by atoms with Crippen molar-refractivity contribution in [3.05, 3.63) is 70.4 Å². The van der Waals surface area contributed by atoms with Crippen molar-refractivity contribution in [2.75, 3.05) is 12.4 Å². The number of halogens is 1. The lowest BCUT2D eigenvalue weighted by atomic mass is 10.2. The van der Waals surface area contributed by atoms with E-state index in [0.717, 1.165) is 11.3 Å². The molecule has 0 aliphatic rings. The van der Waals surface area contributed by atoms with Crippen LogP contribution in [-0.4, -0.2) is 50.3 Å². The van der Waals surface area contributed by atoms with Gasteiger partial charge in [-0.25, -0.2) is 19.4 Å².